The average molecular weight is 459 g/mol. The van der Waals surface area contributed by atoms with E-state index in [1.165, 1.54) is 4.57 Å². The van der Waals surface area contributed by atoms with Crippen molar-refractivity contribution in [3.63, 3.8) is 0 Å². The number of hydrogen-bond acceptors (Lipinski definition) is 6. The van der Waals surface area contributed by atoms with Gasteiger partial charge in [-0.3, -0.25) is 4.57 Å². The van der Waals surface area contributed by atoms with Crippen LogP contribution in [-0.2, 0) is 23.5 Å². The quantitative estimate of drug-likeness (QED) is 0.586. The summed E-state index contributed by atoms with van der Waals surface area (Å²) in [5, 5.41) is 11.9. The van der Waals surface area contributed by atoms with Crippen molar-refractivity contribution in [2.45, 2.75) is 43.5 Å². The van der Waals surface area contributed by atoms with Crippen molar-refractivity contribution >= 4 is 21.1 Å². The third-order valence-electron chi connectivity index (χ3n) is 5.87. The van der Waals surface area contributed by atoms with Crippen LogP contribution in [0.5, 0.6) is 0 Å². The minimum atomic E-state index is -3.63. The summed E-state index contributed by atoms with van der Waals surface area (Å²) in [6, 6.07) is 14.4. The number of sulfonamides is 1. The van der Waals surface area contributed by atoms with Gasteiger partial charge in [0.25, 0.3) is 0 Å². The van der Waals surface area contributed by atoms with Crippen LogP contribution >= 0.6 is 0 Å². The lowest BCUT2D eigenvalue weighted by Gasteiger charge is -2.19. The molecule has 0 spiro atoms. The topological polar surface area (TPSA) is 117 Å². The molecule has 0 aliphatic carbocycles. The van der Waals surface area contributed by atoms with E-state index in [0.29, 0.717) is 24.1 Å². The molecule has 2 aromatic carbocycles. The molecule has 0 bridgehead atoms. The Balaban J connectivity index is 0.00000204. The molecule has 2 N–H and O–H groups in total. The first-order chi connectivity index (χ1) is 15.4. The lowest BCUT2D eigenvalue weighted by molar-refractivity contribution is 0.525. The van der Waals surface area contributed by atoms with E-state index in [4.69, 9.17) is 4.42 Å². The van der Waals surface area contributed by atoms with Gasteiger partial charge in [-0.1, -0.05) is 43.2 Å². The lowest BCUT2D eigenvalue weighted by atomic mass is 10.0. The first-order valence-corrected chi connectivity index (χ1v) is 12.2. The fraction of sp³-hybridized carbons (Fsp3) is 0.391. The zero-order valence-electron chi connectivity index (χ0n) is 17.9. The summed E-state index contributed by atoms with van der Waals surface area (Å²) >= 11 is 0. The molecule has 0 amide bonds. The number of nitrogens with zero attached hydrogens (tertiary/aromatic N) is 2. The molecule has 4 rings (SSSR count). The van der Waals surface area contributed by atoms with Gasteiger partial charge in [0.05, 0.1) is 11.6 Å². The number of benzene rings is 2. The second-order valence-corrected chi connectivity index (χ2v) is 10.0. The molecule has 2 atom stereocenters. The summed E-state index contributed by atoms with van der Waals surface area (Å²) in [5.74, 6) is -0.406. The third-order valence-corrected chi connectivity index (χ3v) is 7.64. The third kappa shape index (κ3) is 4.78. The fourth-order valence-electron chi connectivity index (χ4n) is 4.03. The standard InChI is InChI=1S/C23H26N4O4S.2H2/c1-27-20-14-18(10-11-21(20)31-23(27)28)17-8-6-16(7-9-17)13-19(15-24)26-32(29,30)22-5-3-2-4-12-25-22;;/h6-11,14,19,22,25-26H,2-5,12-13H2,1H3;2*1H. The van der Waals surface area contributed by atoms with Crippen molar-refractivity contribution in [1.82, 2.24) is 14.6 Å². The largest absolute Gasteiger partial charge is 0.419 e. The molecule has 8 nitrogen and oxygen atoms in total. The van der Waals surface area contributed by atoms with E-state index in [2.05, 4.69) is 16.1 Å². The highest BCUT2D eigenvalue weighted by Gasteiger charge is 2.28. The summed E-state index contributed by atoms with van der Waals surface area (Å²) in [7, 11) is -1.97. The zero-order valence-corrected chi connectivity index (χ0v) is 18.7. The second-order valence-electron chi connectivity index (χ2n) is 8.15. The van der Waals surface area contributed by atoms with Crippen LogP contribution in [0.25, 0.3) is 22.2 Å². The SMILES string of the molecule is Cn1c(=O)oc2ccc(-c3ccc(CC(C#N)NS(=O)(=O)C4CCCCCN4)cc3)cc21.[HH].[HH]. The summed E-state index contributed by atoms with van der Waals surface area (Å²) in [6.07, 6.45) is 3.66. The van der Waals surface area contributed by atoms with Gasteiger partial charge in [-0.15, -0.1) is 0 Å². The van der Waals surface area contributed by atoms with Gasteiger partial charge < -0.3 is 9.73 Å². The fourth-order valence-corrected chi connectivity index (χ4v) is 5.54. The lowest BCUT2D eigenvalue weighted by Crippen LogP contribution is -2.47. The predicted molar refractivity (Wildman–Crippen MR) is 127 cm³/mol. The highest BCUT2D eigenvalue weighted by atomic mass is 32.2. The Kier molecular flexibility index (Phi) is 6.46. The Labute approximate surface area is 189 Å². The normalized spacial score (nSPS) is 18.2. The summed E-state index contributed by atoms with van der Waals surface area (Å²) in [6.45, 7) is 0.670. The van der Waals surface area contributed by atoms with Crippen molar-refractivity contribution in [2.75, 3.05) is 6.54 Å². The molecule has 0 radical (unpaired) electrons. The van der Waals surface area contributed by atoms with Crippen LogP contribution in [0, 0.1) is 11.3 Å². The Morgan fingerprint density at radius 2 is 1.97 bits per heavy atom. The summed E-state index contributed by atoms with van der Waals surface area (Å²) in [5.41, 5.74) is 3.97. The maximum atomic E-state index is 12.7. The zero-order chi connectivity index (χ0) is 22.7. The smallest absolute Gasteiger partial charge is 0.408 e. The van der Waals surface area contributed by atoms with E-state index in [9.17, 15) is 18.5 Å². The minimum absolute atomic E-state index is 0. The molecule has 1 aliphatic heterocycles. The van der Waals surface area contributed by atoms with Gasteiger partial charge in [-0.05, 0) is 48.2 Å². The Bertz CT molecular complexity index is 1310. The van der Waals surface area contributed by atoms with E-state index < -0.39 is 27.2 Å². The van der Waals surface area contributed by atoms with Crippen LogP contribution in [0.4, 0.5) is 0 Å². The molecule has 2 unspecified atom stereocenters. The second kappa shape index (κ2) is 9.28. The van der Waals surface area contributed by atoms with E-state index >= 15 is 0 Å². The maximum Gasteiger partial charge on any atom is 0.419 e. The van der Waals surface area contributed by atoms with E-state index in [1.807, 2.05) is 36.4 Å². The van der Waals surface area contributed by atoms with Crippen LogP contribution in [0.2, 0.25) is 0 Å². The minimum Gasteiger partial charge on any atom is -0.408 e. The highest BCUT2D eigenvalue weighted by molar-refractivity contribution is 7.90. The molecule has 32 heavy (non-hydrogen) atoms. The predicted octanol–water partition coefficient (Wildman–Crippen LogP) is 3.13. The molecule has 9 heteroatoms. The van der Waals surface area contributed by atoms with Crippen molar-refractivity contribution in [2.24, 2.45) is 7.05 Å². The molecule has 1 aromatic heterocycles. The number of aromatic nitrogens is 1. The molecule has 3 aromatic rings. The molecule has 1 saturated heterocycles. The number of nitrogens with one attached hydrogen (secondary N) is 2. The first-order valence-electron chi connectivity index (χ1n) is 10.7. The molecular weight excluding hydrogens is 428 g/mol. The van der Waals surface area contributed by atoms with E-state index in [-0.39, 0.29) is 9.27 Å². The number of aryl methyl sites for hydroxylation is 1. The van der Waals surface area contributed by atoms with Gasteiger partial charge in [-0.25, -0.2) is 13.2 Å². The van der Waals surface area contributed by atoms with Crippen LogP contribution in [0.1, 0.15) is 34.1 Å². The van der Waals surface area contributed by atoms with Crippen LogP contribution in [0.3, 0.4) is 0 Å². The Morgan fingerprint density at radius 1 is 1.22 bits per heavy atom. The van der Waals surface area contributed by atoms with E-state index in [0.717, 1.165) is 36.0 Å². The number of rotatable bonds is 6. The maximum absolute atomic E-state index is 12.7. The summed E-state index contributed by atoms with van der Waals surface area (Å²) < 4.78 is 34.6. The van der Waals surface area contributed by atoms with Crippen molar-refractivity contribution in [3.05, 3.63) is 58.6 Å². The highest BCUT2D eigenvalue weighted by Crippen LogP contribution is 2.24. The Hall–Kier alpha value is -2.93. The van der Waals surface area contributed by atoms with Gasteiger partial charge in [0.15, 0.2) is 5.58 Å². The first kappa shape index (κ1) is 22.3. The van der Waals surface area contributed by atoms with Gasteiger partial charge in [-0.2, -0.15) is 9.98 Å². The van der Waals surface area contributed by atoms with Gasteiger partial charge in [0.2, 0.25) is 10.0 Å². The number of nitriles is 1. The monoisotopic (exact) mass is 458 g/mol. The number of fused-ring (bicyclic) bond motifs is 1. The van der Waals surface area contributed by atoms with Crippen LogP contribution in [0.15, 0.2) is 51.7 Å². The van der Waals surface area contributed by atoms with Crippen molar-refractivity contribution in [3.8, 4) is 17.2 Å². The van der Waals surface area contributed by atoms with E-state index in [1.54, 1.807) is 13.1 Å². The van der Waals surface area contributed by atoms with Gasteiger partial charge in [0.1, 0.15) is 11.4 Å². The number of oxazole rings is 1. The number of hydrogen-bond donors (Lipinski definition) is 2. The van der Waals surface area contributed by atoms with Gasteiger partial charge >= 0.3 is 5.76 Å². The molecular formula is C23H30N4O4S. The molecule has 1 fully saturated rings. The molecule has 1 aliphatic rings. The molecule has 0 saturated carbocycles. The van der Waals surface area contributed by atoms with Crippen molar-refractivity contribution in [1.29, 1.82) is 5.26 Å². The average Bonchev–Trinajstić information content (AvgIpc) is 2.96. The van der Waals surface area contributed by atoms with Crippen LogP contribution in [-0.4, -0.2) is 30.9 Å². The van der Waals surface area contributed by atoms with Crippen LogP contribution < -0.4 is 15.8 Å². The molecule has 2 heterocycles. The molecule has 172 valence electrons. The summed E-state index contributed by atoms with van der Waals surface area (Å²) in [4.78, 5) is 11.7. The van der Waals surface area contributed by atoms with Gasteiger partial charge in [0, 0.05) is 16.3 Å². The Morgan fingerprint density at radius 3 is 2.72 bits per heavy atom. The van der Waals surface area contributed by atoms with Crippen molar-refractivity contribution < 1.29 is 15.7 Å².